The maximum atomic E-state index is 5.26. The zero-order chi connectivity index (χ0) is 14.6. The molecular weight excluding hydrogens is 270 g/mol. The first kappa shape index (κ1) is 16.8. The summed E-state index contributed by atoms with van der Waals surface area (Å²) in [6, 6.07) is 3.82. The summed E-state index contributed by atoms with van der Waals surface area (Å²) in [7, 11) is 1.98. The zero-order valence-corrected chi connectivity index (χ0v) is 13.2. The Bertz CT molecular complexity index is 371. The molecule has 1 heterocycles. The fraction of sp³-hybridized carbons (Fsp3) is 0.571. The highest BCUT2D eigenvalue weighted by atomic mass is 32.1. The van der Waals surface area contributed by atoms with Gasteiger partial charge >= 0.3 is 0 Å². The second-order valence-corrected chi connectivity index (χ2v) is 4.98. The molecule has 112 valence electrons. The van der Waals surface area contributed by atoms with Crippen molar-refractivity contribution in [2.45, 2.75) is 13.3 Å². The third-order valence-electron chi connectivity index (χ3n) is 2.85. The first-order chi connectivity index (χ1) is 9.76. The molecule has 6 heteroatoms. The molecule has 0 atom stereocenters. The number of thiocarbonyl (C=S) groups is 1. The second kappa shape index (κ2) is 10.5. The van der Waals surface area contributed by atoms with Crippen molar-refractivity contribution in [1.29, 1.82) is 0 Å². The van der Waals surface area contributed by atoms with Crippen LogP contribution in [0.5, 0.6) is 0 Å². The fourth-order valence-electron chi connectivity index (χ4n) is 1.86. The summed E-state index contributed by atoms with van der Waals surface area (Å²) in [6.07, 6.45) is 4.67. The number of likely N-dealkylation sites (N-methyl/N-ethyl adjacent to an activating group) is 1. The smallest absolute Gasteiger partial charge is 0.170 e. The Labute approximate surface area is 127 Å². The summed E-state index contributed by atoms with van der Waals surface area (Å²) < 4.78 is 0. The molecule has 1 aromatic rings. The van der Waals surface area contributed by atoms with E-state index in [-0.39, 0.29) is 0 Å². The number of nitrogens with zero attached hydrogens (tertiary/aromatic N) is 2. The van der Waals surface area contributed by atoms with Gasteiger partial charge in [0.25, 0.3) is 0 Å². The molecule has 0 aliphatic rings. The topological polar surface area (TPSA) is 52.2 Å². The quantitative estimate of drug-likeness (QED) is 0.597. The van der Waals surface area contributed by atoms with Gasteiger partial charge in [0.1, 0.15) is 0 Å². The van der Waals surface area contributed by atoms with Crippen LogP contribution >= 0.6 is 12.2 Å². The van der Waals surface area contributed by atoms with E-state index in [0.29, 0.717) is 5.11 Å². The maximum absolute atomic E-state index is 5.26. The normalized spacial score (nSPS) is 10.6. The van der Waals surface area contributed by atoms with Crippen molar-refractivity contribution in [3.63, 3.8) is 0 Å². The van der Waals surface area contributed by atoms with Crippen LogP contribution in [0.25, 0.3) is 0 Å². The fourth-order valence-corrected chi connectivity index (χ4v) is 2.08. The van der Waals surface area contributed by atoms with Gasteiger partial charge in [-0.05, 0) is 44.4 Å². The Kier molecular flexibility index (Phi) is 8.86. The molecule has 5 nitrogen and oxygen atoms in total. The van der Waals surface area contributed by atoms with Crippen LogP contribution in [0.1, 0.15) is 13.3 Å². The number of hydrogen-bond donors (Lipinski definition) is 3. The summed E-state index contributed by atoms with van der Waals surface area (Å²) in [4.78, 5) is 6.47. The molecule has 0 bridgehead atoms. The van der Waals surface area contributed by atoms with Gasteiger partial charge in [0, 0.05) is 32.4 Å². The summed E-state index contributed by atoms with van der Waals surface area (Å²) in [5.41, 5.74) is 0.908. The molecule has 20 heavy (non-hydrogen) atoms. The van der Waals surface area contributed by atoms with Gasteiger partial charge < -0.3 is 20.9 Å². The van der Waals surface area contributed by atoms with Crippen molar-refractivity contribution in [2.24, 2.45) is 0 Å². The SMILES string of the molecule is CCCN(CCNC)CCNC(=S)Nc1cccnc1. The third-order valence-corrected chi connectivity index (χ3v) is 3.10. The first-order valence-electron chi connectivity index (χ1n) is 7.08. The monoisotopic (exact) mass is 295 g/mol. The van der Waals surface area contributed by atoms with Crippen LogP contribution in [0.15, 0.2) is 24.5 Å². The van der Waals surface area contributed by atoms with Crippen LogP contribution < -0.4 is 16.0 Å². The minimum Gasteiger partial charge on any atom is -0.361 e. The Balaban J connectivity index is 2.22. The van der Waals surface area contributed by atoms with Crippen molar-refractivity contribution in [3.8, 4) is 0 Å². The molecule has 0 aliphatic carbocycles. The molecule has 0 fully saturated rings. The summed E-state index contributed by atoms with van der Waals surface area (Å²) >= 11 is 5.26. The summed E-state index contributed by atoms with van der Waals surface area (Å²) in [5.74, 6) is 0. The van der Waals surface area contributed by atoms with Crippen LogP contribution in [0, 0.1) is 0 Å². The van der Waals surface area contributed by atoms with Gasteiger partial charge in [-0.15, -0.1) is 0 Å². The lowest BCUT2D eigenvalue weighted by molar-refractivity contribution is 0.280. The van der Waals surface area contributed by atoms with Gasteiger partial charge in [0.05, 0.1) is 11.9 Å². The lowest BCUT2D eigenvalue weighted by atomic mass is 10.4. The van der Waals surface area contributed by atoms with E-state index < -0.39 is 0 Å². The standard InChI is InChI=1S/C14H25N5S/c1-3-9-19(10-7-15-2)11-8-17-14(20)18-13-5-4-6-16-12-13/h4-6,12,15H,3,7-11H2,1-2H3,(H2,17,18,20). The van der Waals surface area contributed by atoms with E-state index in [1.165, 1.54) is 6.42 Å². The zero-order valence-electron chi connectivity index (χ0n) is 12.4. The number of hydrogen-bond acceptors (Lipinski definition) is 4. The Hall–Kier alpha value is -1.24. The van der Waals surface area contributed by atoms with E-state index in [2.05, 4.69) is 32.8 Å². The van der Waals surface area contributed by atoms with E-state index in [4.69, 9.17) is 12.2 Å². The lowest BCUT2D eigenvalue weighted by Crippen LogP contribution is -2.39. The van der Waals surface area contributed by atoms with Gasteiger partial charge in [0.2, 0.25) is 0 Å². The maximum Gasteiger partial charge on any atom is 0.170 e. The highest BCUT2D eigenvalue weighted by molar-refractivity contribution is 7.80. The number of aromatic nitrogens is 1. The van der Waals surface area contributed by atoms with Crippen molar-refractivity contribution < 1.29 is 0 Å². The Morgan fingerprint density at radius 1 is 1.30 bits per heavy atom. The molecule has 3 N–H and O–H groups in total. The van der Waals surface area contributed by atoms with Crippen molar-refractivity contribution >= 4 is 23.0 Å². The summed E-state index contributed by atoms with van der Waals surface area (Å²) in [6.45, 7) is 7.23. The highest BCUT2D eigenvalue weighted by Crippen LogP contribution is 2.01. The van der Waals surface area contributed by atoms with Crippen molar-refractivity contribution in [2.75, 3.05) is 45.1 Å². The van der Waals surface area contributed by atoms with Crippen molar-refractivity contribution in [3.05, 3.63) is 24.5 Å². The molecule has 0 unspecified atom stereocenters. The Morgan fingerprint density at radius 3 is 2.75 bits per heavy atom. The average molecular weight is 295 g/mol. The first-order valence-corrected chi connectivity index (χ1v) is 7.49. The van der Waals surface area contributed by atoms with Crippen molar-refractivity contribution in [1.82, 2.24) is 20.5 Å². The van der Waals surface area contributed by atoms with E-state index in [9.17, 15) is 0 Å². The van der Waals surface area contributed by atoms with Crippen LogP contribution in [0.4, 0.5) is 5.69 Å². The van der Waals surface area contributed by atoms with Gasteiger partial charge in [-0.3, -0.25) is 4.98 Å². The predicted molar refractivity (Wildman–Crippen MR) is 89.1 cm³/mol. The van der Waals surface area contributed by atoms with Crippen LogP contribution in [0.3, 0.4) is 0 Å². The molecule has 0 saturated carbocycles. The summed E-state index contributed by atoms with van der Waals surface area (Å²) in [5, 5.41) is 10.2. The van der Waals surface area contributed by atoms with Crippen LogP contribution in [-0.4, -0.2) is 54.8 Å². The predicted octanol–water partition coefficient (Wildman–Crippen LogP) is 1.30. The van der Waals surface area contributed by atoms with E-state index in [1.807, 2.05) is 19.2 Å². The second-order valence-electron chi connectivity index (χ2n) is 4.57. The number of nitrogens with one attached hydrogen (secondary N) is 3. The molecule has 0 saturated heterocycles. The molecule has 1 rings (SSSR count). The molecular formula is C14H25N5S. The largest absolute Gasteiger partial charge is 0.361 e. The molecule has 0 aromatic carbocycles. The minimum atomic E-state index is 0.642. The van der Waals surface area contributed by atoms with Gasteiger partial charge in [-0.2, -0.15) is 0 Å². The van der Waals surface area contributed by atoms with Gasteiger partial charge in [0.15, 0.2) is 5.11 Å². The number of anilines is 1. The number of rotatable bonds is 9. The number of pyridine rings is 1. The molecule has 0 amide bonds. The van der Waals surface area contributed by atoms with Crippen LogP contribution in [0.2, 0.25) is 0 Å². The molecule has 0 aliphatic heterocycles. The third kappa shape index (κ3) is 7.37. The lowest BCUT2D eigenvalue weighted by Gasteiger charge is -2.22. The highest BCUT2D eigenvalue weighted by Gasteiger charge is 2.03. The minimum absolute atomic E-state index is 0.642. The Morgan fingerprint density at radius 2 is 2.10 bits per heavy atom. The van der Waals surface area contributed by atoms with E-state index >= 15 is 0 Å². The van der Waals surface area contributed by atoms with Crippen LogP contribution in [-0.2, 0) is 0 Å². The molecule has 0 spiro atoms. The molecule has 0 radical (unpaired) electrons. The van der Waals surface area contributed by atoms with E-state index in [0.717, 1.165) is 38.4 Å². The van der Waals surface area contributed by atoms with Gasteiger partial charge in [-0.25, -0.2) is 0 Å². The van der Waals surface area contributed by atoms with E-state index in [1.54, 1.807) is 12.4 Å². The molecule has 1 aromatic heterocycles. The van der Waals surface area contributed by atoms with Gasteiger partial charge in [-0.1, -0.05) is 6.92 Å². The average Bonchev–Trinajstić information content (AvgIpc) is 2.45.